The molecule has 0 heterocycles. The Labute approximate surface area is 365 Å². The van der Waals surface area contributed by atoms with E-state index in [-0.39, 0.29) is 11.8 Å². The number of anilines is 5. The van der Waals surface area contributed by atoms with Crippen molar-refractivity contribution in [2.75, 3.05) is 9.80 Å². The monoisotopic (exact) mass is 804 g/mol. The van der Waals surface area contributed by atoms with Crippen LogP contribution in [0.2, 0.25) is 0 Å². The number of hydrogen-bond acceptors (Lipinski definition) is 4. The molecule has 0 radical (unpaired) electrons. The van der Waals surface area contributed by atoms with Gasteiger partial charge in [0.15, 0.2) is 0 Å². The standard InChI is InChI=1S/C58H48N2O2/c1-5-17-43(18-6-1)45-33-37-49(38-34-45)60(50-39-35-46(36-40-50)44-19-7-2-8-20-44)52-26-14-28-54(42-52)62-58-32-16-29-55-56(58)30-15-31-57(55)61-53-27-13-25-51(41-53)59(47-21-9-3-10-22-47)48-23-11-4-12-24-48/h1,3-7,9-35,37-42,46,55-56H,2,8,36H2. The van der Waals surface area contributed by atoms with E-state index in [0.717, 1.165) is 76.4 Å². The van der Waals surface area contributed by atoms with Gasteiger partial charge in [0.25, 0.3) is 0 Å². The van der Waals surface area contributed by atoms with E-state index in [1.807, 2.05) is 24.3 Å². The first kappa shape index (κ1) is 38.6. The highest BCUT2D eigenvalue weighted by Gasteiger charge is 2.32. The summed E-state index contributed by atoms with van der Waals surface area (Å²) in [5, 5.41) is 0. The number of allylic oxidation sites excluding steroid dienone is 13. The third-order valence-electron chi connectivity index (χ3n) is 11.9. The van der Waals surface area contributed by atoms with Crippen LogP contribution in [0.3, 0.4) is 0 Å². The number of fused-ring (bicyclic) bond motifs is 1. The first-order valence-corrected chi connectivity index (χ1v) is 21.7. The normalized spacial score (nSPS) is 18.7. The zero-order chi connectivity index (χ0) is 41.5. The van der Waals surface area contributed by atoms with Gasteiger partial charge in [-0.3, -0.25) is 0 Å². The summed E-state index contributed by atoms with van der Waals surface area (Å²) in [6, 6.07) is 57.1. The third kappa shape index (κ3) is 8.41. The molecule has 302 valence electrons. The van der Waals surface area contributed by atoms with Gasteiger partial charge in [0.1, 0.15) is 23.0 Å². The molecule has 10 rings (SSSR count). The maximum Gasteiger partial charge on any atom is 0.129 e. The minimum absolute atomic E-state index is 0.0228. The summed E-state index contributed by atoms with van der Waals surface area (Å²) >= 11 is 0. The van der Waals surface area contributed by atoms with E-state index in [1.165, 1.54) is 16.7 Å². The van der Waals surface area contributed by atoms with Gasteiger partial charge >= 0.3 is 0 Å². The smallest absolute Gasteiger partial charge is 0.129 e. The number of rotatable bonds is 12. The topological polar surface area (TPSA) is 24.9 Å². The highest BCUT2D eigenvalue weighted by atomic mass is 16.5. The van der Waals surface area contributed by atoms with E-state index in [4.69, 9.17) is 9.47 Å². The van der Waals surface area contributed by atoms with Gasteiger partial charge in [-0.1, -0.05) is 146 Å². The van der Waals surface area contributed by atoms with Crippen molar-refractivity contribution in [1.82, 2.24) is 0 Å². The molecule has 4 heteroatoms. The van der Waals surface area contributed by atoms with Crippen molar-refractivity contribution in [1.29, 1.82) is 0 Å². The second-order valence-corrected chi connectivity index (χ2v) is 15.9. The number of nitrogens with zero attached hydrogens (tertiary/aromatic N) is 2. The van der Waals surface area contributed by atoms with Gasteiger partial charge in [0, 0.05) is 64.0 Å². The second-order valence-electron chi connectivity index (χ2n) is 15.9. The lowest BCUT2D eigenvalue weighted by molar-refractivity contribution is 0.294. The lowest BCUT2D eigenvalue weighted by atomic mass is 9.82. The zero-order valence-electron chi connectivity index (χ0n) is 34.6. The summed E-state index contributed by atoms with van der Waals surface area (Å²) in [4.78, 5) is 4.59. The van der Waals surface area contributed by atoms with Gasteiger partial charge in [-0.2, -0.15) is 0 Å². The number of benzene rings is 6. The molecular formula is C58H48N2O2. The molecule has 0 amide bonds. The highest BCUT2D eigenvalue weighted by molar-refractivity contribution is 5.77. The Morgan fingerprint density at radius 3 is 1.52 bits per heavy atom. The van der Waals surface area contributed by atoms with Crippen LogP contribution in [0.15, 0.2) is 259 Å². The second kappa shape index (κ2) is 18.0. The SMILES string of the molecule is C1=CC2C(Oc3cccc(N(C4=CCC(C5=CCCC=C5)C=C4)c4ccc(-c5ccccc5)cc4)c3)=CC=CC2C(Oc2cccc(N(c3ccccc3)c3ccccc3)c2)=C1. The average Bonchev–Trinajstić information content (AvgIpc) is 3.34. The summed E-state index contributed by atoms with van der Waals surface area (Å²) < 4.78 is 13.6. The molecule has 3 unspecified atom stereocenters. The lowest BCUT2D eigenvalue weighted by Crippen LogP contribution is -2.25. The van der Waals surface area contributed by atoms with Gasteiger partial charge in [0.2, 0.25) is 0 Å². The Morgan fingerprint density at radius 2 is 0.968 bits per heavy atom. The molecule has 6 aromatic rings. The lowest BCUT2D eigenvalue weighted by Gasteiger charge is -2.32. The molecule has 62 heavy (non-hydrogen) atoms. The minimum Gasteiger partial charge on any atom is -0.461 e. The van der Waals surface area contributed by atoms with E-state index in [0.29, 0.717) is 5.92 Å². The van der Waals surface area contributed by atoms with E-state index in [2.05, 4.69) is 222 Å². The molecule has 0 aliphatic heterocycles. The zero-order valence-corrected chi connectivity index (χ0v) is 34.6. The fourth-order valence-electron chi connectivity index (χ4n) is 8.81. The van der Waals surface area contributed by atoms with Crippen molar-refractivity contribution in [3.05, 3.63) is 259 Å². The van der Waals surface area contributed by atoms with Crippen LogP contribution < -0.4 is 19.3 Å². The molecule has 0 aromatic heterocycles. The summed E-state index contributed by atoms with van der Waals surface area (Å²) in [6.07, 6.45) is 30.0. The molecule has 4 aliphatic rings. The molecule has 0 fully saturated rings. The third-order valence-corrected chi connectivity index (χ3v) is 11.9. The van der Waals surface area contributed by atoms with Crippen molar-refractivity contribution >= 4 is 28.4 Å². The first-order chi connectivity index (χ1) is 30.7. The Balaban J connectivity index is 0.893. The van der Waals surface area contributed by atoms with Crippen LogP contribution in [0.4, 0.5) is 28.4 Å². The predicted octanol–water partition coefficient (Wildman–Crippen LogP) is 15.3. The first-order valence-electron chi connectivity index (χ1n) is 21.7. The average molecular weight is 805 g/mol. The molecule has 4 aliphatic carbocycles. The Bertz CT molecular complexity index is 2730. The minimum atomic E-state index is -0.0253. The van der Waals surface area contributed by atoms with Crippen LogP contribution in [0.25, 0.3) is 11.1 Å². The number of hydrogen-bond donors (Lipinski definition) is 0. The van der Waals surface area contributed by atoms with E-state index >= 15 is 0 Å². The summed E-state index contributed by atoms with van der Waals surface area (Å²) in [5.74, 6) is 3.65. The maximum atomic E-state index is 6.85. The summed E-state index contributed by atoms with van der Waals surface area (Å²) in [5.41, 5.74) is 10.3. The van der Waals surface area contributed by atoms with E-state index < -0.39 is 0 Å². The molecule has 0 bridgehead atoms. The van der Waals surface area contributed by atoms with Crippen LogP contribution in [0.1, 0.15) is 19.3 Å². The van der Waals surface area contributed by atoms with E-state index in [9.17, 15) is 0 Å². The molecule has 0 spiro atoms. The molecule has 6 aromatic carbocycles. The van der Waals surface area contributed by atoms with E-state index in [1.54, 1.807) is 0 Å². The molecule has 0 saturated carbocycles. The quantitative estimate of drug-likeness (QED) is 0.123. The maximum absolute atomic E-state index is 6.85. The Kier molecular flexibility index (Phi) is 11.2. The van der Waals surface area contributed by atoms with Gasteiger partial charge < -0.3 is 19.3 Å². The Morgan fingerprint density at radius 1 is 0.435 bits per heavy atom. The van der Waals surface area contributed by atoms with Gasteiger partial charge in [-0.15, -0.1) is 0 Å². The van der Waals surface area contributed by atoms with Crippen LogP contribution in [0.5, 0.6) is 11.5 Å². The van der Waals surface area contributed by atoms with Crippen molar-refractivity contribution in [2.24, 2.45) is 17.8 Å². The molecule has 4 nitrogen and oxygen atoms in total. The van der Waals surface area contributed by atoms with Crippen LogP contribution >= 0.6 is 0 Å². The molecule has 3 atom stereocenters. The highest BCUT2D eigenvalue weighted by Crippen LogP contribution is 2.42. The van der Waals surface area contributed by atoms with Crippen LogP contribution in [0, 0.1) is 17.8 Å². The van der Waals surface area contributed by atoms with Crippen molar-refractivity contribution in [3.8, 4) is 22.6 Å². The van der Waals surface area contributed by atoms with Crippen molar-refractivity contribution < 1.29 is 9.47 Å². The largest absolute Gasteiger partial charge is 0.461 e. The molecule has 0 N–H and O–H groups in total. The van der Waals surface area contributed by atoms with Crippen molar-refractivity contribution in [2.45, 2.75) is 19.3 Å². The summed E-state index contributed by atoms with van der Waals surface area (Å²) in [7, 11) is 0. The predicted molar refractivity (Wildman–Crippen MR) is 256 cm³/mol. The van der Waals surface area contributed by atoms with Gasteiger partial charge in [-0.05, 0) is 115 Å². The van der Waals surface area contributed by atoms with Crippen LogP contribution in [-0.2, 0) is 0 Å². The number of para-hydroxylation sites is 2. The van der Waals surface area contributed by atoms with Crippen LogP contribution in [-0.4, -0.2) is 0 Å². The molecule has 0 saturated heterocycles. The van der Waals surface area contributed by atoms with Crippen molar-refractivity contribution in [3.63, 3.8) is 0 Å². The van der Waals surface area contributed by atoms with Gasteiger partial charge in [0.05, 0.1) is 0 Å². The fraction of sp³-hybridized carbons (Fsp3) is 0.103. The number of ether oxygens (including phenoxy) is 2. The Hall–Kier alpha value is -7.56. The fourth-order valence-corrected chi connectivity index (χ4v) is 8.81. The van der Waals surface area contributed by atoms with Gasteiger partial charge in [-0.25, -0.2) is 0 Å². The molecular weight excluding hydrogens is 757 g/mol. The summed E-state index contributed by atoms with van der Waals surface area (Å²) in [6.45, 7) is 0.